The molecule has 1 unspecified atom stereocenters. The van der Waals surface area contributed by atoms with Crippen LogP contribution in [0.2, 0.25) is 5.02 Å². The summed E-state index contributed by atoms with van der Waals surface area (Å²) >= 11 is 7.59. The fraction of sp³-hybridized carbons (Fsp3) is 0.0667. The second-order valence-electron chi connectivity index (χ2n) is 4.51. The third-order valence-electron chi connectivity index (χ3n) is 3.28. The Morgan fingerprint density at radius 1 is 1.23 bits per heavy atom. The number of pyridine rings is 1. The third kappa shape index (κ3) is 2.82. The van der Waals surface area contributed by atoms with Gasteiger partial charge in [0.05, 0.1) is 15.3 Å². The van der Waals surface area contributed by atoms with Gasteiger partial charge in [0.2, 0.25) is 0 Å². The Kier molecular flexibility index (Phi) is 5.05. The zero-order chi connectivity index (χ0) is 15.0. The van der Waals surface area contributed by atoms with Gasteiger partial charge in [0.15, 0.2) is 6.20 Å². The molecule has 3 rings (SSSR count). The summed E-state index contributed by atoms with van der Waals surface area (Å²) in [5, 5.41) is 22.8. The van der Waals surface area contributed by atoms with Crippen molar-refractivity contribution in [2.24, 2.45) is 0 Å². The summed E-state index contributed by atoms with van der Waals surface area (Å²) in [7, 11) is 0. The van der Waals surface area contributed by atoms with Crippen molar-refractivity contribution in [1.29, 1.82) is 0 Å². The number of nitrogens with zero attached hydrogens (tertiary/aromatic N) is 1. The maximum Gasteiger partial charge on any atom is 0.378 e. The van der Waals surface area contributed by atoms with E-state index in [2.05, 4.69) is 0 Å². The Morgan fingerprint density at radius 3 is 2.64 bits per heavy atom. The van der Waals surface area contributed by atoms with Crippen LogP contribution >= 0.6 is 22.9 Å². The van der Waals surface area contributed by atoms with Crippen LogP contribution in [0.4, 0.5) is 0 Å². The molecule has 0 spiro atoms. The molecule has 0 aliphatic carbocycles. The van der Waals surface area contributed by atoms with E-state index in [0.717, 1.165) is 4.70 Å². The van der Waals surface area contributed by atoms with Crippen LogP contribution < -0.4 is 21.5 Å². The first-order valence-electron chi connectivity index (χ1n) is 6.17. The fourth-order valence-electron chi connectivity index (χ4n) is 2.30. The van der Waals surface area contributed by atoms with Gasteiger partial charge in [-0.3, -0.25) is 0 Å². The summed E-state index contributed by atoms with van der Waals surface area (Å²) in [6.07, 6.45) is 1.57. The number of benzene rings is 1. The van der Waals surface area contributed by atoms with Gasteiger partial charge in [0.1, 0.15) is 5.39 Å². The molecule has 0 radical (unpaired) electrons. The highest BCUT2D eigenvalue weighted by molar-refractivity contribution is 7.17. The van der Waals surface area contributed by atoms with E-state index < -0.39 is 12.0 Å². The number of halogens is 2. The van der Waals surface area contributed by atoms with Crippen molar-refractivity contribution in [2.75, 3.05) is 0 Å². The number of fused-ring (bicyclic) bond motifs is 1. The molecule has 0 fully saturated rings. The van der Waals surface area contributed by atoms with E-state index in [1.165, 1.54) is 15.9 Å². The minimum absolute atomic E-state index is 0. The van der Waals surface area contributed by atoms with Crippen LogP contribution in [0.3, 0.4) is 0 Å². The van der Waals surface area contributed by atoms with Gasteiger partial charge in [-0.2, -0.15) is 0 Å². The molecule has 114 valence electrons. The van der Waals surface area contributed by atoms with Crippen LogP contribution in [-0.2, 0) is 4.79 Å². The number of rotatable bonds is 3. The van der Waals surface area contributed by atoms with Crippen LogP contribution in [0.1, 0.15) is 11.6 Å². The highest BCUT2D eigenvalue weighted by atomic mass is 79.9. The second kappa shape index (κ2) is 6.64. The number of hydrogen-bond acceptors (Lipinski definition) is 3. The monoisotopic (exact) mass is 399 g/mol. The standard InChI is InChI=1S/C15H10ClNO3S.BrH/c16-11-4-2-1-3-9(11)13(15(19)20)17-7-5-12-10(14(17)18)6-8-21-12;/h1-8,13H,(H,19,20);1H. The first-order valence-corrected chi connectivity index (χ1v) is 7.43. The number of thiophene rings is 1. The molecule has 0 bridgehead atoms. The van der Waals surface area contributed by atoms with E-state index >= 15 is 0 Å². The molecular formula is C15H11BrClNO3S. The Bertz CT molecular complexity index is 837. The smallest absolute Gasteiger partial charge is 0.378 e. The minimum Gasteiger partial charge on any atom is -1.00 e. The lowest BCUT2D eigenvalue weighted by molar-refractivity contribution is -0.706. The molecule has 0 aliphatic heterocycles. The van der Waals surface area contributed by atoms with Crippen molar-refractivity contribution in [3.63, 3.8) is 0 Å². The van der Waals surface area contributed by atoms with Gasteiger partial charge < -0.3 is 27.2 Å². The minimum atomic E-state index is -1.09. The molecule has 0 amide bonds. The molecule has 1 aromatic carbocycles. The summed E-state index contributed by atoms with van der Waals surface area (Å²) in [6, 6.07) is 9.20. The lowest BCUT2D eigenvalue weighted by atomic mass is 10.1. The molecule has 22 heavy (non-hydrogen) atoms. The highest BCUT2D eigenvalue weighted by Crippen LogP contribution is 2.29. The van der Waals surface area contributed by atoms with Crippen molar-refractivity contribution in [3.8, 4) is 5.88 Å². The van der Waals surface area contributed by atoms with Gasteiger partial charge in [0, 0.05) is 6.07 Å². The molecule has 3 aromatic rings. The molecule has 0 saturated heterocycles. The Hall–Kier alpha value is -1.63. The van der Waals surface area contributed by atoms with Gasteiger partial charge in [-0.25, -0.2) is 4.79 Å². The van der Waals surface area contributed by atoms with E-state index in [1.807, 2.05) is 5.38 Å². The third-order valence-corrected chi connectivity index (χ3v) is 4.51. The number of aromatic nitrogens is 1. The van der Waals surface area contributed by atoms with Gasteiger partial charge in [-0.1, -0.05) is 29.8 Å². The Balaban J connectivity index is 0.00000176. The first kappa shape index (κ1) is 16.7. The average Bonchev–Trinajstić information content (AvgIpc) is 2.92. The van der Waals surface area contributed by atoms with Crippen LogP contribution in [0.15, 0.2) is 48.0 Å². The van der Waals surface area contributed by atoms with Gasteiger partial charge in [0.25, 0.3) is 6.04 Å². The lowest BCUT2D eigenvalue weighted by Crippen LogP contribution is -3.00. The normalized spacial score (nSPS) is 11.9. The number of carbonyl (C=O) groups is 1. The van der Waals surface area contributed by atoms with E-state index in [-0.39, 0.29) is 22.9 Å². The predicted octanol–water partition coefficient (Wildman–Crippen LogP) is 0.226. The van der Waals surface area contributed by atoms with Gasteiger partial charge in [-0.15, -0.1) is 15.9 Å². The topological polar surface area (TPSA) is 61.4 Å². The number of carboxylic acid groups (broad SMARTS) is 1. The Labute approximate surface area is 146 Å². The number of carboxylic acids is 1. The van der Waals surface area contributed by atoms with E-state index in [1.54, 1.807) is 42.6 Å². The van der Waals surface area contributed by atoms with Crippen molar-refractivity contribution in [3.05, 3.63) is 58.6 Å². The lowest BCUT2D eigenvalue weighted by Gasteiger charge is -2.11. The summed E-state index contributed by atoms with van der Waals surface area (Å²) < 4.78 is 2.21. The maximum atomic E-state index is 11.7. The van der Waals surface area contributed by atoms with Crippen LogP contribution in [0.25, 0.3) is 10.1 Å². The highest BCUT2D eigenvalue weighted by Gasteiger charge is 2.34. The van der Waals surface area contributed by atoms with Crippen LogP contribution in [-0.4, -0.2) is 16.2 Å². The molecule has 0 saturated carbocycles. The van der Waals surface area contributed by atoms with Crippen LogP contribution in [0.5, 0.6) is 5.88 Å². The zero-order valence-corrected chi connectivity index (χ0v) is 14.3. The van der Waals surface area contributed by atoms with Crippen molar-refractivity contribution in [2.45, 2.75) is 6.04 Å². The largest absolute Gasteiger partial charge is 1.00 e. The molecule has 7 heteroatoms. The quantitative estimate of drug-likeness (QED) is 0.619. The second-order valence-corrected chi connectivity index (χ2v) is 5.86. The fourth-order valence-corrected chi connectivity index (χ4v) is 3.32. The number of aliphatic carboxylic acids is 1. The van der Waals surface area contributed by atoms with E-state index in [9.17, 15) is 15.0 Å². The van der Waals surface area contributed by atoms with Gasteiger partial charge >= 0.3 is 11.8 Å². The molecule has 2 heterocycles. The van der Waals surface area contributed by atoms with Crippen molar-refractivity contribution >= 4 is 39.0 Å². The van der Waals surface area contributed by atoms with E-state index in [4.69, 9.17) is 11.6 Å². The van der Waals surface area contributed by atoms with Crippen molar-refractivity contribution < 1.29 is 36.6 Å². The number of aromatic hydroxyl groups is 1. The molecular weight excluding hydrogens is 390 g/mol. The van der Waals surface area contributed by atoms with E-state index in [0.29, 0.717) is 16.0 Å². The van der Waals surface area contributed by atoms with Crippen LogP contribution in [0, 0.1) is 0 Å². The molecule has 4 nitrogen and oxygen atoms in total. The molecule has 0 aliphatic rings. The zero-order valence-electron chi connectivity index (χ0n) is 11.1. The SMILES string of the molecule is O=C(O)C(c1ccccc1Cl)[n+]1ccc2sccc2c1O.[Br-]. The summed E-state index contributed by atoms with van der Waals surface area (Å²) in [5.41, 5.74) is 0.432. The predicted molar refractivity (Wildman–Crippen MR) is 80.9 cm³/mol. The first-order chi connectivity index (χ1) is 10.1. The molecule has 2 aromatic heterocycles. The summed E-state index contributed by atoms with van der Waals surface area (Å²) in [5.74, 6) is -1.17. The summed E-state index contributed by atoms with van der Waals surface area (Å²) in [6.45, 7) is 0. The average molecular weight is 401 g/mol. The van der Waals surface area contributed by atoms with Gasteiger partial charge in [-0.05, 0) is 17.5 Å². The molecule has 1 atom stereocenters. The number of hydrogen-bond donors (Lipinski definition) is 2. The molecule has 2 N–H and O–H groups in total. The maximum absolute atomic E-state index is 11.7. The van der Waals surface area contributed by atoms with Crippen molar-refractivity contribution in [1.82, 2.24) is 0 Å². The summed E-state index contributed by atoms with van der Waals surface area (Å²) in [4.78, 5) is 11.7. The Morgan fingerprint density at radius 2 is 1.95 bits per heavy atom.